The van der Waals surface area contributed by atoms with Crippen molar-refractivity contribution in [3.63, 3.8) is 0 Å². The van der Waals surface area contributed by atoms with Crippen molar-refractivity contribution < 1.29 is 9.59 Å². The first-order valence-electron chi connectivity index (χ1n) is 8.66. The first kappa shape index (κ1) is 17.1. The number of carbonyl (C=O) groups excluding carboxylic acids is 2. The van der Waals surface area contributed by atoms with Gasteiger partial charge in [-0.3, -0.25) is 14.6 Å². The number of nitrogens with one attached hydrogen (secondary N) is 1. The number of aromatic nitrogens is 1. The van der Waals surface area contributed by atoms with E-state index in [1.54, 1.807) is 17.3 Å². The zero-order valence-electron chi connectivity index (χ0n) is 14.4. The summed E-state index contributed by atoms with van der Waals surface area (Å²) in [4.78, 5) is 31.3. The fourth-order valence-electron chi connectivity index (χ4n) is 2.95. The van der Waals surface area contributed by atoms with E-state index in [1.165, 1.54) is 0 Å². The highest BCUT2D eigenvalue weighted by atomic mass is 16.2. The van der Waals surface area contributed by atoms with Crippen molar-refractivity contribution in [3.05, 3.63) is 66.0 Å². The summed E-state index contributed by atoms with van der Waals surface area (Å²) in [7, 11) is 0. The van der Waals surface area contributed by atoms with Crippen molar-refractivity contribution in [1.29, 1.82) is 0 Å². The number of amides is 2. The Hall–Kier alpha value is -2.69. The number of benzene rings is 1. The van der Waals surface area contributed by atoms with Gasteiger partial charge in [-0.1, -0.05) is 30.3 Å². The molecule has 0 radical (unpaired) electrons. The van der Waals surface area contributed by atoms with Gasteiger partial charge in [0.05, 0.1) is 0 Å². The second-order valence-electron chi connectivity index (χ2n) is 6.43. The highest BCUT2D eigenvalue weighted by Gasteiger charge is 2.57. The van der Waals surface area contributed by atoms with E-state index in [4.69, 9.17) is 0 Å². The van der Waals surface area contributed by atoms with Crippen LogP contribution >= 0.6 is 0 Å². The van der Waals surface area contributed by atoms with Gasteiger partial charge in [0.2, 0.25) is 11.8 Å². The maximum atomic E-state index is 13.0. The molecular weight excluding hydrogens is 314 g/mol. The van der Waals surface area contributed by atoms with Crippen LogP contribution in [0, 0.1) is 5.41 Å². The number of rotatable bonds is 7. The molecule has 25 heavy (non-hydrogen) atoms. The van der Waals surface area contributed by atoms with Gasteiger partial charge in [0.1, 0.15) is 5.41 Å². The lowest BCUT2D eigenvalue weighted by atomic mass is 10.0. The van der Waals surface area contributed by atoms with Crippen LogP contribution in [0.2, 0.25) is 0 Å². The van der Waals surface area contributed by atoms with Crippen molar-refractivity contribution in [2.45, 2.75) is 32.9 Å². The van der Waals surface area contributed by atoms with Gasteiger partial charge in [-0.2, -0.15) is 0 Å². The zero-order chi connectivity index (χ0) is 17.7. The maximum Gasteiger partial charge on any atom is 0.238 e. The molecule has 5 nitrogen and oxygen atoms in total. The predicted octanol–water partition coefficient (Wildman–Crippen LogP) is 2.53. The normalized spacial score (nSPS) is 14.6. The summed E-state index contributed by atoms with van der Waals surface area (Å²) in [5, 5.41) is 2.91. The molecule has 0 spiro atoms. The van der Waals surface area contributed by atoms with Crippen LogP contribution in [0.3, 0.4) is 0 Å². The van der Waals surface area contributed by atoms with E-state index in [2.05, 4.69) is 10.3 Å². The van der Waals surface area contributed by atoms with Gasteiger partial charge in [-0.15, -0.1) is 0 Å². The quantitative estimate of drug-likeness (QED) is 0.790. The third-order valence-electron chi connectivity index (χ3n) is 4.68. The fourth-order valence-corrected chi connectivity index (χ4v) is 2.95. The Bertz CT molecular complexity index is 727. The van der Waals surface area contributed by atoms with E-state index >= 15 is 0 Å². The number of hydrogen-bond acceptors (Lipinski definition) is 3. The van der Waals surface area contributed by atoms with Crippen LogP contribution in [0.25, 0.3) is 0 Å². The average molecular weight is 337 g/mol. The summed E-state index contributed by atoms with van der Waals surface area (Å²) < 4.78 is 0. The van der Waals surface area contributed by atoms with Crippen molar-refractivity contribution in [1.82, 2.24) is 15.2 Å². The summed E-state index contributed by atoms with van der Waals surface area (Å²) in [5.41, 5.74) is 1.17. The summed E-state index contributed by atoms with van der Waals surface area (Å²) in [5.74, 6) is -0.230. The maximum absolute atomic E-state index is 13.0. The molecule has 0 atom stereocenters. The Kier molecular flexibility index (Phi) is 5.12. The second kappa shape index (κ2) is 7.47. The van der Waals surface area contributed by atoms with E-state index in [1.807, 2.05) is 49.4 Å². The van der Waals surface area contributed by atoms with Crippen LogP contribution in [-0.4, -0.2) is 28.2 Å². The summed E-state index contributed by atoms with van der Waals surface area (Å²) in [6, 6.07) is 13.6. The predicted molar refractivity (Wildman–Crippen MR) is 95.3 cm³/mol. The number of hydrogen-bond donors (Lipinski definition) is 1. The van der Waals surface area contributed by atoms with Crippen LogP contribution in [0.1, 0.15) is 30.9 Å². The molecule has 0 bridgehead atoms. The highest BCUT2D eigenvalue weighted by molar-refractivity contribution is 6.07. The smallest absolute Gasteiger partial charge is 0.238 e. The van der Waals surface area contributed by atoms with Gasteiger partial charge in [0.25, 0.3) is 0 Å². The lowest BCUT2D eigenvalue weighted by Gasteiger charge is -2.26. The van der Waals surface area contributed by atoms with Crippen molar-refractivity contribution in [2.75, 3.05) is 6.54 Å². The monoisotopic (exact) mass is 337 g/mol. The fraction of sp³-hybridized carbons (Fsp3) is 0.350. The molecule has 0 unspecified atom stereocenters. The Morgan fingerprint density at radius 3 is 2.36 bits per heavy atom. The van der Waals surface area contributed by atoms with Gasteiger partial charge in [-0.05, 0) is 43.0 Å². The lowest BCUT2D eigenvalue weighted by Crippen LogP contribution is -2.44. The van der Waals surface area contributed by atoms with Crippen LogP contribution in [-0.2, 0) is 22.7 Å². The van der Waals surface area contributed by atoms with Crippen LogP contribution in [0.15, 0.2) is 54.9 Å². The first-order valence-corrected chi connectivity index (χ1v) is 8.66. The minimum Gasteiger partial charge on any atom is -0.351 e. The van der Waals surface area contributed by atoms with Gasteiger partial charge in [0, 0.05) is 32.0 Å². The molecule has 0 aliphatic heterocycles. The molecule has 130 valence electrons. The van der Waals surface area contributed by atoms with Crippen LogP contribution < -0.4 is 5.32 Å². The molecule has 1 saturated carbocycles. The second-order valence-corrected chi connectivity index (χ2v) is 6.43. The molecule has 1 N–H and O–H groups in total. The van der Waals surface area contributed by atoms with Gasteiger partial charge < -0.3 is 10.2 Å². The van der Waals surface area contributed by atoms with E-state index < -0.39 is 5.41 Å². The highest BCUT2D eigenvalue weighted by Crippen LogP contribution is 2.47. The molecule has 1 aromatic carbocycles. The van der Waals surface area contributed by atoms with E-state index in [0.717, 1.165) is 11.1 Å². The van der Waals surface area contributed by atoms with E-state index in [9.17, 15) is 9.59 Å². The van der Waals surface area contributed by atoms with Crippen LogP contribution in [0.4, 0.5) is 0 Å². The van der Waals surface area contributed by atoms with Gasteiger partial charge in [-0.25, -0.2) is 0 Å². The topological polar surface area (TPSA) is 62.3 Å². The first-order chi connectivity index (χ1) is 12.2. The van der Waals surface area contributed by atoms with Crippen LogP contribution in [0.5, 0.6) is 0 Å². The summed E-state index contributed by atoms with van der Waals surface area (Å²) >= 11 is 0. The minimum absolute atomic E-state index is 0.0638. The zero-order valence-corrected chi connectivity index (χ0v) is 14.4. The number of carbonyl (C=O) groups is 2. The number of nitrogens with zero attached hydrogens (tertiary/aromatic N) is 2. The standard InChI is InChI=1S/C20H23N3O2/c1-2-23(15-17-6-4-3-5-7-17)19(25)20(10-11-20)18(24)22-14-16-8-12-21-13-9-16/h3-9,12-13H,2,10-11,14-15H2,1H3,(H,22,24). The summed E-state index contributed by atoms with van der Waals surface area (Å²) in [6.45, 7) is 3.50. The van der Waals surface area contributed by atoms with Crippen molar-refractivity contribution in [3.8, 4) is 0 Å². The molecule has 2 aromatic rings. The van der Waals surface area contributed by atoms with Crippen molar-refractivity contribution >= 4 is 11.8 Å². The lowest BCUT2D eigenvalue weighted by molar-refractivity contribution is -0.144. The number of pyridine rings is 1. The molecule has 1 aliphatic carbocycles. The molecule has 1 aromatic heterocycles. The molecule has 1 aliphatic rings. The Morgan fingerprint density at radius 2 is 1.76 bits per heavy atom. The molecule has 3 rings (SSSR count). The van der Waals surface area contributed by atoms with E-state index in [-0.39, 0.29) is 11.8 Å². The molecular formula is C20H23N3O2. The Balaban J connectivity index is 1.64. The molecule has 2 amide bonds. The minimum atomic E-state index is -0.877. The van der Waals surface area contributed by atoms with E-state index in [0.29, 0.717) is 32.5 Å². The largest absolute Gasteiger partial charge is 0.351 e. The van der Waals surface area contributed by atoms with Gasteiger partial charge in [0.15, 0.2) is 0 Å². The molecule has 5 heteroatoms. The Labute approximate surface area is 148 Å². The third-order valence-corrected chi connectivity index (χ3v) is 4.68. The molecule has 1 heterocycles. The Morgan fingerprint density at radius 1 is 1.08 bits per heavy atom. The molecule has 1 fully saturated rings. The SMILES string of the molecule is CCN(Cc1ccccc1)C(=O)C1(C(=O)NCc2ccncc2)CC1. The third kappa shape index (κ3) is 3.87. The van der Waals surface area contributed by atoms with Gasteiger partial charge >= 0.3 is 0 Å². The summed E-state index contributed by atoms with van der Waals surface area (Å²) in [6.07, 6.45) is 4.63. The molecule has 0 saturated heterocycles. The van der Waals surface area contributed by atoms with Crippen molar-refractivity contribution in [2.24, 2.45) is 5.41 Å². The average Bonchev–Trinajstić information content (AvgIpc) is 3.47.